The van der Waals surface area contributed by atoms with Gasteiger partial charge in [0.15, 0.2) is 0 Å². The number of ketones is 1. The van der Waals surface area contributed by atoms with Gasteiger partial charge >= 0.3 is 0 Å². The van der Waals surface area contributed by atoms with Crippen molar-refractivity contribution < 1.29 is 4.79 Å². The maximum absolute atomic E-state index is 11.8. The molecule has 1 aliphatic rings. The highest BCUT2D eigenvalue weighted by Crippen LogP contribution is 2.31. The summed E-state index contributed by atoms with van der Waals surface area (Å²) in [6.07, 6.45) is 0.667. The summed E-state index contributed by atoms with van der Waals surface area (Å²) >= 11 is 0. The van der Waals surface area contributed by atoms with E-state index in [2.05, 4.69) is 36.9 Å². The molecule has 1 aliphatic heterocycles. The number of Topliss-reactive ketones (excluding diaryl/α,β-unsaturated/α-hetero) is 1. The van der Waals surface area contributed by atoms with Gasteiger partial charge < -0.3 is 4.90 Å². The molecule has 0 saturated carbocycles. The fourth-order valence-electron chi connectivity index (χ4n) is 2.59. The Morgan fingerprint density at radius 2 is 1.94 bits per heavy atom. The number of hydrogen-bond donors (Lipinski definition) is 0. The molecule has 2 nitrogen and oxygen atoms in total. The van der Waals surface area contributed by atoms with Crippen LogP contribution in [0.3, 0.4) is 0 Å². The van der Waals surface area contributed by atoms with E-state index in [1.54, 1.807) is 0 Å². The number of hydrogen-bond acceptors (Lipinski definition) is 2. The van der Waals surface area contributed by atoms with Crippen molar-refractivity contribution in [3.63, 3.8) is 0 Å². The first kappa shape index (κ1) is 12.2. The second-order valence-corrected chi connectivity index (χ2v) is 5.77. The molecule has 1 heterocycles. The van der Waals surface area contributed by atoms with Crippen molar-refractivity contribution in [3.8, 4) is 0 Å². The predicted molar refractivity (Wildman–Crippen MR) is 71.5 cm³/mol. The van der Waals surface area contributed by atoms with Gasteiger partial charge in [-0.1, -0.05) is 31.5 Å². The third-order valence-electron chi connectivity index (χ3n) is 3.64. The molecule has 17 heavy (non-hydrogen) atoms. The number of piperidine rings is 1. The molecule has 0 amide bonds. The normalized spacial score (nSPS) is 19.5. The first-order valence-electron chi connectivity index (χ1n) is 6.26. The van der Waals surface area contributed by atoms with Crippen molar-refractivity contribution in [1.82, 2.24) is 0 Å². The number of benzene rings is 1. The molecule has 0 radical (unpaired) electrons. The van der Waals surface area contributed by atoms with E-state index in [-0.39, 0.29) is 5.41 Å². The molecule has 0 spiro atoms. The van der Waals surface area contributed by atoms with E-state index >= 15 is 0 Å². The third-order valence-corrected chi connectivity index (χ3v) is 3.64. The molecular formula is C15H21NO. The van der Waals surface area contributed by atoms with Gasteiger partial charge in [0.05, 0.1) is 0 Å². The van der Waals surface area contributed by atoms with Crippen LogP contribution in [0.15, 0.2) is 18.2 Å². The van der Waals surface area contributed by atoms with Crippen molar-refractivity contribution in [2.45, 2.75) is 34.1 Å². The van der Waals surface area contributed by atoms with E-state index in [0.29, 0.717) is 12.2 Å². The number of carbonyl (C=O) groups is 1. The van der Waals surface area contributed by atoms with E-state index in [1.165, 1.54) is 16.8 Å². The summed E-state index contributed by atoms with van der Waals surface area (Å²) in [7, 11) is 0. The molecule has 2 heteroatoms. The van der Waals surface area contributed by atoms with E-state index in [9.17, 15) is 4.79 Å². The number of anilines is 1. The zero-order valence-electron chi connectivity index (χ0n) is 11.2. The maximum Gasteiger partial charge on any atom is 0.142 e. The minimum atomic E-state index is -0.213. The van der Waals surface area contributed by atoms with Gasteiger partial charge in [-0.3, -0.25) is 4.79 Å². The Hall–Kier alpha value is -1.31. The van der Waals surface area contributed by atoms with Crippen LogP contribution >= 0.6 is 0 Å². The van der Waals surface area contributed by atoms with Gasteiger partial charge in [0.2, 0.25) is 0 Å². The summed E-state index contributed by atoms with van der Waals surface area (Å²) in [6, 6.07) is 6.53. The molecule has 0 atom stereocenters. The highest BCUT2D eigenvalue weighted by molar-refractivity contribution is 5.86. The van der Waals surface area contributed by atoms with Gasteiger partial charge in [0, 0.05) is 30.6 Å². The lowest BCUT2D eigenvalue weighted by molar-refractivity contribution is -0.127. The number of aryl methyl sites for hydroxylation is 2. The fraction of sp³-hybridized carbons (Fsp3) is 0.533. The SMILES string of the molecule is Cc1ccc(N2CCC(=O)C(C)(C)C2)c(C)c1. The second-order valence-electron chi connectivity index (χ2n) is 5.77. The van der Waals surface area contributed by atoms with Crippen LogP contribution < -0.4 is 4.90 Å². The number of rotatable bonds is 1. The molecule has 1 saturated heterocycles. The minimum absolute atomic E-state index is 0.213. The van der Waals surface area contributed by atoms with Gasteiger partial charge in [-0.2, -0.15) is 0 Å². The number of nitrogens with zero attached hydrogens (tertiary/aromatic N) is 1. The minimum Gasteiger partial charge on any atom is -0.370 e. The number of carbonyl (C=O) groups excluding carboxylic acids is 1. The van der Waals surface area contributed by atoms with Crippen LogP contribution in [0.5, 0.6) is 0 Å². The van der Waals surface area contributed by atoms with Crippen LogP contribution in [0.4, 0.5) is 5.69 Å². The summed E-state index contributed by atoms with van der Waals surface area (Å²) in [5.74, 6) is 0.388. The lowest BCUT2D eigenvalue weighted by Gasteiger charge is -2.39. The summed E-state index contributed by atoms with van der Waals surface area (Å²) in [4.78, 5) is 14.1. The van der Waals surface area contributed by atoms with E-state index < -0.39 is 0 Å². The Labute approximate surface area is 104 Å². The van der Waals surface area contributed by atoms with Crippen LogP contribution in [-0.2, 0) is 4.79 Å². The Morgan fingerprint density at radius 1 is 1.24 bits per heavy atom. The fourth-order valence-corrected chi connectivity index (χ4v) is 2.59. The molecule has 0 aliphatic carbocycles. The molecular weight excluding hydrogens is 210 g/mol. The summed E-state index contributed by atoms with van der Waals surface area (Å²) in [5, 5.41) is 0. The first-order valence-corrected chi connectivity index (χ1v) is 6.26. The lowest BCUT2D eigenvalue weighted by atomic mass is 9.82. The Balaban J connectivity index is 2.27. The molecule has 0 N–H and O–H groups in total. The second kappa shape index (κ2) is 4.17. The van der Waals surface area contributed by atoms with Crippen LogP contribution in [-0.4, -0.2) is 18.9 Å². The van der Waals surface area contributed by atoms with Crippen LogP contribution in [0, 0.1) is 19.3 Å². The Kier molecular flexibility index (Phi) is 2.98. The van der Waals surface area contributed by atoms with Crippen molar-refractivity contribution in [3.05, 3.63) is 29.3 Å². The van der Waals surface area contributed by atoms with E-state index in [1.807, 2.05) is 13.8 Å². The molecule has 1 aromatic carbocycles. The average molecular weight is 231 g/mol. The van der Waals surface area contributed by atoms with Crippen LogP contribution in [0.1, 0.15) is 31.4 Å². The third kappa shape index (κ3) is 2.36. The molecule has 1 fully saturated rings. The molecule has 2 rings (SSSR count). The van der Waals surface area contributed by atoms with Crippen molar-refractivity contribution in [2.75, 3.05) is 18.0 Å². The monoisotopic (exact) mass is 231 g/mol. The quantitative estimate of drug-likeness (QED) is 0.740. The average Bonchev–Trinajstić information content (AvgIpc) is 2.22. The van der Waals surface area contributed by atoms with E-state index in [0.717, 1.165) is 13.1 Å². The summed E-state index contributed by atoms with van der Waals surface area (Å²) < 4.78 is 0. The molecule has 1 aromatic rings. The van der Waals surface area contributed by atoms with E-state index in [4.69, 9.17) is 0 Å². The predicted octanol–water partition coefficient (Wildman–Crippen LogP) is 3.11. The largest absolute Gasteiger partial charge is 0.370 e. The summed E-state index contributed by atoms with van der Waals surface area (Å²) in [6.45, 7) is 10.0. The van der Waals surface area contributed by atoms with Crippen LogP contribution in [0.25, 0.3) is 0 Å². The van der Waals surface area contributed by atoms with Gasteiger partial charge in [-0.15, -0.1) is 0 Å². The zero-order valence-corrected chi connectivity index (χ0v) is 11.2. The molecule has 0 bridgehead atoms. The highest BCUT2D eigenvalue weighted by atomic mass is 16.1. The van der Waals surface area contributed by atoms with Gasteiger partial charge in [0.1, 0.15) is 5.78 Å². The van der Waals surface area contributed by atoms with Gasteiger partial charge in [0.25, 0.3) is 0 Å². The van der Waals surface area contributed by atoms with Crippen molar-refractivity contribution >= 4 is 11.5 Å². The topological polar surface area (TPSA) is 20.3 Å². The maximum atomic E-state index is 11.8. The molecule has 92 valence electrons. The van der Waals surface area contributed by atoms with Gasteiger partial charge in [-0.05, 0) is 25.5 Å². The molecule has 0 aromatic heterocycles. The van der Waals surface area contributed by atoms with Crippen molar-refractivity contribution in [1.29, 1.82) is 0 Å². The molecule has 0 unspecified atom stereocenters. The summed E-state index contributed by atoms with van der Waals surface area (Å²) in [5.41, 5.74) is 3.65. The van der Waals surface area contributed by atoms with Gasteiger partial charge in [-0.25, -0.2) is 0 Å². The Bertz CT molecular complexity index is 448. The smallest absolute Gasteiger partial charge is 0.142 e. The lowest BCUT2D eigenvalue weighted by Crippen LogP contribution is -2.46. The van der Waals surface area contributed by atoms with Crippen molar-refractivity contribution in [2.24, 2.45) is 5.41 Å². The highest BCUT2D eigenvalue weighted by Gasteiger charge is 2.34. The first-order chi connectivity index (χ1) is 7.90. The standard InChI is InChI=1S/C15H21NO/c1-11-5-6-13(12(2)9-11)16-8-7-14(17)15(3,4)10-16/h5-6,9H,7-8,10H2,1-4H3. The zero-order chi connectivity index (χ0) is 12.6. The van der Waals surface area contributed by atoms with Crippen LogP contribution in [0.2, 0.25) is 0 Å². The Morgan fingerprint density at radius 3 is 2.53 bits per heavy atom.